The molecule has 0 aromatic heterocycles. The number of hydrogen-bond donors (Lipinski definition) is 1. The molecule has 1 aliphatic carbocycles. The highest BCUT2D eigenvalue weighted by molar-refractivity contribution is 7.89. The van der Waals surface area contributed by atoms with Crippen LogP contribution in [0.3, 0.4) is 0 Å². The molecule has 0 aliphatic heterocycles. The summed E-state index contributed by atoms with van der Waals surface area (Å²) in [7, 11) is -0.733. The molecule has 0 radical (unpaired) electrons. The number of hydrogen-bond acceptors (Lipinski definition) is 6. The second kappa shape index (κ2) is 11.3. The molecule has 0 spiro atoms. The topological polar surface area (TPSA) is 97.3 Å². The Morgan fingerprint density at radius 3 is 2.42 bits per heavy atom. The van der Waals surface area contributed by atoms with Gasteiger partial charge in [0.25, 0.3) is 5.91 Å². The fourth-order valence-electron chi connectivity index (χ4n) is 3.92. The zero-order chi connectivity index (χ0) is 23.8. The Kier molecular flexibility index (Phi) is 8.46. The van der Waals surface area contributed by atoms with E-state index < -0.39 is 15.9 Å². The van der Waals surface area contributed by atoms with Gasteiger partial charge in [-0.2, -0.15) is 9.41 Å². The minimum absolute atomic E-state index is 0.191. The number of aryl methyl sites for hydroxylation is 1. The lowest BCUT2D eigenvalue weighted by molar-refractivity contribution is -0.121. The Bertz CT molecular complexity index is 1080. The Morgan fingerprint density at radius 1 is 1.09 bits per heavy atom. The van der Waals surface area contributed by atoms with Crippen LogP contribution in [0.4, 0.5) is 0 Å². The van der Waals surface area contributed by atoms with Gasteiger partial charge in [-0.25, -0.2) is 13.8 Å². The van der Waals surface area contributed by atoms with Crippen LogP contribution in [0.2, 0.25) is 0 Å². The first kappa shape index (κ1) is 24.7. The second-order valence-electron chi connectivity index (χ2n) is 8.06. The molecule has 0 saturated heterocycles. The Morgan fingerprint density at radius 2 is 1.79 bits per heavy atom. The average molecular weight is 474 g/mol. The van der Waals surface area contributed by atoms with Crippen molar-refractivity contribution in [1.29, 1.82) is 0 Å². The number of ether oxygens (including phenoxy) is 2. The third-order valence-electron chi connectivity index (χ3n) is 5.74. The van der Waals surface area contributed by atoms with Gasteiger partial charge in [-0.3, -0.25) is 4.79 Å². The average Bonchev–Trinajstić information content (AvgIpc) is 2.83. The molecule has 8 nitrogen and oxygen atoms in total. The number of carbonyl (C=O) groups is 1. The highest BCUT2D eigenvalue weighted by Gasteiger charge is 2.33. The molecular formula is C24H31N3O5S. The van der Waals surface area contributed by atoms with Gasteiger partial charge in [-0.15, -0.1) is 0 Å². The van der Waals surface area contributed by atoms with Crippen molar-refractivity contribution in [3.05, 3.63) is 53.6 Å². The van der Waals surface area contributed by atoms with E-state index in [1.165, 1.54) is 17.6 Å². The fraction of sp³-hybridized carbons (Fsp3) is 0.417. The number of benzene rings is 2. The summed E-state index contributed by atoms with van der Waals surface area (Å²) in [5, 5.41) is 4.01. The molecule has 2 aromatic carbocycles. The number of methoxy groups -OCH3 is 2. The number of amides is 1. The van der Waals surface area contributed by atoms with Crippen LogP contribution in [0.1, 0.15) is 43.2 Å². The van der Waals surface area contributed by atoms with Gasteiger partial charge in [-0.1, -0.05) is 37.0 Å². The van der Waals surface area contributed by atoms with Crippen LogP contribution in [-0.2, 0) is 14.8 Å². The molecule has 0 unspecified atom stereocenters. The molecule has 33 heavy (non-hydrogen) atoms. The van der Waals surface area contributed by atoms with Gasteiger partial charge in [0.1, 0.15) is 11.5 Å². The van der Waals surface area contributed by atoms with Crippen LogP contribution in [0.15, 0.2) is 52.5 Å². The van der Waals surface area contributed by atoms with Crippen molar-refractivity contribution in [3.8, 4) is 11.5 Å². The summed E-state index contributed by atoms with van der Waals surface area (Å²) in [6, 6.07) is 11.7. The Balaban J connectivity index is 1.77. The maximum atomic E-state index is 13.4. The molecule has 1 aliphatic rings. The predicted octanol–water partition coefficient (Wildman–Crippen LogP) is 3.49. The summed E-state index contributed by atoms with van der Waals surface area (Å²) >= 11 is 0. The Hall–Kier alpha value is -2.91. The van der Waals surface area contributed by atoms with Crippen molar-refractivity contribution in [2.75, 3.05) is 20.8 Å². The normalized spacial score (nSPS) is 15.0. The third kappa shape index (κ3) is 6.33. The number of carbonyl (C=O) groups excluding carboxylic acids is 1. The smallest absolute Gasteiger partial charge is 0.255 e. The number of nitrogens with zero attached hydrogens (tertiary/aromatic N) is 2. The summed E-state index contributed by atoms with van der Waals surface area (Å²) in [6.45, 7) is 1.60. The third-order valence-corrected chi connectivity index (χ3v) is 7.65. The zero-order valence-corrected chi connectivity index (χ0v) is 20.1. The van der Waals surface area contributed by atoms with E-state index in [9.17, 15) is 13.2 Å². The van der Waals surface area contributed by atoms with Gasteiger partial charge in [0.15, 0.2) is 0 Å². The van der Waals surface area contributed by atoms with Crippen LogP contribution in [0, 0.1) is 6.92 Å². The van der Waals surface area contributed by atoms with E-state index in [0.717, 1.165) is 37.7 Å². The molecule has 1 amide bonds. The Labute approximate surface area is 195 Å². The molecule has 1 saturated carbocycles. The largest absolute Gasteiger partial charge is 0.497 e. The van der Waals surface area contributed by atoms with Gasteiger partial charge in [-0.05, 0) is 50.1 Å². The maximum absolute atomic E-state index is 13.4. The molecule has 0 bridgehead atoms. The fourth-order valence-corrected chi connectivity index (χ4v) is 5.56. The molecular weight excluding hydrogens is 442 g/mol. The second-order valence-corrected chi connectivity index (χ2v) is 9.95. The number of nitrogens with one attached hydrogen (secondary N) is 1. The molecule has 0 atom stereocenters. The van der Waals surface area contributed by atoms with E-state index in [2.05, 4.69) is 10.5 Å². The highest BCUT2D eigenvalue weighted by Crippen LogP contribution is 2.28. The zero-order valence-electron chi connectivity index (χ0n) is 19.3. The maximum Gasteiger partial charge on any atom is 0.255 e. The number of rotatable bonds is 9. The number of sulfonamides is 1. The summed E-state index contributed by atoms with van der Waals surface area (Å²) in [4.78, 5) is 12.9. The SMILES string of the molecule is COc1ccc(OC)c(/C=N/NC(=O)CN(C2CCCCC2)S(=O)(=O)c2ccc(C)cc2)c1. The van der Waals surface area contributed by atoms with Crippen LogP contribution < -0.4 is 14.9 Å². The van der Waals surface area contributed by atoms with Gasteiger partial charge in [0.2, 0.25) is 10.0 Å². The van der Waals surface area contributed by atoms with Crippen molar-refractivity contribution >= 4 is 22.1 Å². The van der Waals surface area contributed by atoms with Crippen LogP contribution in [0.25, 0.3) is 0 Å². The quantitative estimate of drug-likeness (QED) is 0.444. The van der Waals surface area contributed by atoms with Crippen molar-refractivity contribution in [1.82, 2.24) is 9.73 Å². The summed E-state index contributed by atoms with van der Waals surface area (Å²) < 4.78 is 38.6. The van der Waals surface area contributed by atoms with E-state index >= 15 is 0 Å². The summed E-state index contributed by atoms with van der Waals surface area (Å²) in [5.41, 5.74) is 4.04. The van der Waals surface area contributed by atoms with Crippen molar-refractivity contribution < 1.29 is 22.7 Å². The first-order valence-corrected chi connectivity index (χ1v) is 12.4. The molecule has 1 fully saturated rings. The van der Waals surface area contributed by atoms with Gasteiger partial charge in [0, 0.05) is 11.6 Å². The first-order valence-electron chi connectivity index (χ1n) is 11.0. The van der Waals surface area contributed by atoms with Crippen molar-refractivity contribution in [2.45, 2.75) is 50.0 Å². The van der Waals surface area contributed by atoms with E-state index in [0.29, 0.717) is 17.1 Å². The highest BCUT2D eigenvalue weighted by atomic mass is 32.2. The minimum atomic E-state index is -3.83. The molecule has 0 heterocycles. The lowest BCUT2D eigenvalue weighted by atomic mass is 9.95. The molecule has 2 aromatic rings. The lowest BCUT2D eigenvalue weighted by Crippen LogP contribution is -2.46. The monoisotopic (exact) mass is 473 g/mol. The van der Waals surface area contributed by atoms with Crippen molar-refractivity contribution in [3.63, 3.8) is 0 Å². The van der Waals surface area contributed by atoms with Crippen molar-refractivity contribution in [2.24, 2.45) is 5.10 Å². The predicted molar refractivity (Wildman–Crippen MR) is 127 cm³/mol. The van der Waals surface area contributed by atoms with E-state index in [1.54, 1.807) is 49.6 Å². The molecule has 3 rings (SSSR count). The standard InChI is InChI=1S/C24H31N3O5S/c1-18-9-12-22(13-10-18)33(29,30)27(20-7-5-4-6-8-20)17-24(28)26-25-16-19-15-21(31-2)11-14-23(19)32-3/h9-16,20H,4-8,17H2,1-3H3,(H,26,28)/b25-16+. The molecule has 9 heteroatoms. The van der Waals surface area contributed by atoms with E-state index in [4.69, 9.17) is 9.47 Å². The summed E-state index contributed by atoms with van der Waals surface area (Å²) in [6.07, 6.45) is 5.89. The minimum Gasteiger partial charge on any atom is -0.497 e. The number of hydrazone groups is 1. The van der Waals surface area contributed by atoms with E-state index in [-0.39, 0.29) is 17.5 Å². The van der Waals surface area contributed by atoms with Gasteiger partial charge >= 0.3 is 0 Å². The van der Waals surface area contributed by atoms with Crippen LogP contribution in [-0.4, -0.2) is 51.7 Å². The summed E-state index contributed by atoms with van der Waals surface area (Å²) in [5.74, 6) is 0.685. The van der Waals surface area contributed by atoms with Crippen LogP contribution >= 0.6 is 0 Å². The van der Waals surface area contributed by atoms with E-state index in [1.807, 2.05) is 6.92 Å². The first-order chi connectivity index (χ1) is 15.8. The lowest BCUT2D eigenvalue weighted by Gasteiger charge is -2.32. The van der Waals surface area contributed by atoms with Crippen LogP contribution in [0.5, 0.6) is 11.5 Å². The van der Waals surface area contributed by atoms with Gasteiger partial charge < -0.3 is 9.47 Å². The molecule has 1 N–H and O–H groups in total. The molecule has 178 valence electrons. The van der Waals surface area contributed by atoms with Gasteiger partial charge in [0.05, 0.1) is 31.9 Å².